The lowest BCUT2D eigenvalue weighted by molar-refractivity contribution is -0.188. The predicted octanol–water partition coefficient (Wildman–Crippen LogP) is 2.86. The Hall–Kier alpha value is -2.32. The summed E-state index contributed by atoms with van der Waals surface area (Å²) >= 11 is 0. The number of urea groups is 1. The standard InChI is InChI=1S/C24H33N3O5/c1-2-19-17-27(20-5-3-4-6-21(20)32-19)23(29)26-11-7-18(8-12-26)22(28)25-13-9-24(10-14-25)30-15-16-31-24/h3-6,18-19H,2,7-17H2,1H3. The maximum atomic E-state index is 13.4. The highest BCUT2D eigenvalue weighted by molar-refractivity contribution is 5.94. The second-order valence-corrected chi connectivity index (χ2v) is 9.20. The van der Waals surface area contributed by atoms with Crippen molar-refractivity contribution in [3.05, 3.63) is 24.3 Å². The summed E-state index contributed by atoms with van der Waals surface area (Å²) in [5.41, 5.74) is 0.832. The monoisotopic (exact) mass is 443 g/mol. The van der Waals surface area contributed by atoms with Crippen LogP contribution in [-0.2, 0) is 14.3 Å². The second kappa shape index (κ2) is 8.90. The third-order valence-corrected chi connectivity index (χ3v) is 7.29. The molecule has 3 fully saturated rings. The fraction of sp³-hybridized carbons (Fsp3) is 0.667. The zero-order chi connectivity index (χ0) is 22.1. The van der Waals surface area contributed by atoms with Crippen LogP contribution in [-0.4, -0.2) is 79.6 Å². The summed E-state index contributed by atoms with van der Waals surface area (Å²) in [6.07, 6.45) is 3.76. The molecule has 4 aliphatic heterocycles. The van der Waals surface area contributed by atoms with Gasteiger partial charge in [-0.15, -0.1) is 0 Å². The summed E-state index contributed by atoms with van der Waals surface area (Å²) < 4.78 is 17.6. The van der Waals surface area contributed by atoms with Gasteiger partial charge in [0.1, 0.15) is 11.9 Å². The second-order valence-electron chi connectivity index (χ2n) is 9.20. The number of hydrogen-bond donors (Lipinski definition) is 0. The maximum Gasteiger partial charge on any atom is 0.324 e. The molecule has 5 rings (SSSR count). The van der Waals surface area contributed by atoms with Gasteiger partial charge in [0.15, 0.2) is 5.79 Å². The van der Waals surface area contributed by atoms with Crippen molar-refractivity contribution in [1.82, 2.24) is 9.80 Å². The van der Waals surface area contributed by atoms with Crippen LogP contribution in [0.3, 0.4) is 0 Å². The van der Waals surface area contributed by atoms with E-state index in [1.165, 1.54) is 0 Å². The van der Waals surface area contributed by atoms with Crippen LogP contribution in [0.1, 0.15) is 39.0 Å². The Kier molecular flexibility index (Phi) is 5.99. The number of ether oxygens (including phenoxy) is 3. The molecule has 0 radical (unpaired) electrons. The van der Waals surface area contributed by atoms with E-state index in [2.05, 4.69) is 6.92 Å². The van der Waals surface area contributed by atoms with Gasteiger partial charge in [0.05, 0.1) is 25.4 Å². The smallest absolute Gasteiger partial charge is 0.324 e. The average Bonchev–Trinajstić information content (AvgIpc) is 3.30. The molecule has 3 saturated heterocycles. The minimum absolute atomic E-state index is 0.00295. The highest BCUT2D eigenvalue weighted by Gasteiger charge is 2.42. The van der Waals surface area contributed by atoms with E-state index in [0.717, 1.165) is 30.7 Å². The Morgan fingerprint density at radius 3 is 2.38 bits per heavy atom. The molecule has 0 aliphatic carbocycles. The summed E-state index contributed by atoms with van der Waals surface area (Å²) in [6.45, 7) is 6.50. The highest BCUT2D eigenvalue weighted by atomic mass is 16.7. The normalized spacial score (nSPS) is 25.5. The Morgan fingerprint density at radius 2 is 1.69 bits per heavy atom. The molecule has 1 unspecified atom stereocenters. The number of carbonyl (C=O) groups excluding carboxylic acids is 2. The van der Waals surface area contributed by atoms with Crippen LogP contribution in [0.25, 0.3) is 0 Å². The molecule has 0 saturated carbocycles. The van der Waals surface area contributed by atoms with Gasteiger partial charge in [0.25, 0.3) is 0 Å². The first-order chi connectivity index (χ1) is 15.6. The van der Waals surface area contributed by atoms with E-state index in [1.807, 2.05) is 39.0 Å². The van der Waals surface area contributed by atoms with Crippen LogP contribution in [0.4, 0.5) is 10.5 Å². The van der Waals surface area contributed by atoms with Gasteiger partial charge in [-0.05, 0) is 31.4 Å². The van der Waals surface area contributed by atoms with Gasteiger partial charge < -0.3 is 24.0 Å². The van der Waals surface area contributed by atoms with Gasteiger partial charge >= 0.3 is 6.03 Å². The van der Waals surface area contributed by atoms with E-state index in [1.54, 1.807) is 0 Å². The number of fused-ring (bicyclic) bond motifs is 1. The van der Waals surface area contributed by atoms with Gasteiger partial charge in [-0.25, -0.2) is 4.79 Å². The van der Waals surface area contributed by atoms with E-state index in [4.69, 9.17) is 14.2 Å². The Labute approximate surface area is 189 Å². The molecule has 4 heterocycles. The van der Waals surface area contributed by atoms with Crippen molar-refractivity contribution in [2.24, 2.45) is 5.92 Å². The van der Waals surface area contributed by atoms with Crippen molar-refractivity contribution >= 4 is 17.6 Å². The maximum absolute atomic E-state index is 13.4. The lowest BCUT2D eigenvalue weighted by Gasteiger charge is -2.41. The number of hydrogen-bond acceptors (Lipinski definition) is 5. The van der Waals surface area contributed by atoms with Crippen LogP contribution in [0.2, 0.25) is 0 Å². The largest absolute Gasteiger partial charge is 0.486 e. The summed E-state index contributed by atoms with van der Waals surface area (Å²) in [7, 11) is 0. The molecule has 4 aliphatic rings. The summed E-state index contributed by atoms with van der Waals surface area (Å²) in [4.78, 5) is 32.2. The third kappa shape index (κ3) is 4.06. The highest BCUT2D eigenvalue weighted by Crippen LogP contribution is 2.36. The van der Waals surface area contributed by atoms with Crippen LogP contribution in [0, 0.1) is 5.92 Å². The number of rotatable bonds is 2. The molecular formula is C24H33N3O5. The first-order valence-corrected chi connectivity index (χ1v) is 12.0. The Bertz CT molecular complexity index is 838. The molecule has 8 nitrogen and oxygen atoms in total. The zero-order valence-corrected chi connectivity index (χ0v) is 18.8. The number of nitrogens with zero attached hydrogens (tertiary/aromatic N) is 3. The molecular weight excluding hydrogens is 410 g/mol. The minimum atomic E-state index is -0.461. The minimum Gasteiger partial charge on any atom is -0.486 e. The predicted molar refractivity (Wildman–Crippen MR) is 119 cm³/mol. The van der Waals surface area contributed by atoms with Crippen LogP contribution in [0.15, 0.2) is 24.3 Å². The van der Waals surface area contributed by atoms with Gasteiger partial charge in [-0.2, -0.15) is 0 Å². The van der Waals surface area contributed by atoms with Crippen molar-refractivity contribution in [2.45, 2.75) is 50.9 Å². The summed E-state index contributed by atoms with van der Waals surface area (Å²) in [5.74, 6) is 0.505. The van der Waals surface area contributed by atoms with Crippen molar-refractivity contribution in [2.75, 3.05) is 50.8 Å². The van der Waals surface area contributed by atoms with Crippen LogP contribution in [0.5, 0.6) is 5.75 Å². The number of para-hydroxylation sites is 2. The molecule has 3 amide bonds. The summed E-state index contributed by atoms with van der Waals surface area (Å²) in [5, 5.41) is 0. The van der Waals surface area contributed by atoms with Crippen LogP contribution < -0.4 is 9.64 Å². The van der Waals surface area contributed by atoms with Gasteiger partial charge in [-0.3, -0.25) is 9.69 Å². The van der Waals surface area contributed by atoms with Gasteiger partial charge in [0, 0.05) is 44.9 Å². The fourth-order valence-electron chi connectivity index (χ4n) is 5.29. The number of anilines is 1. The Balaban J connectivity index is 1.17. The lowest BCUT2D eigenvalue weighted by Crippen LogP contribution is -2.53. The van der Waals surface area contributed by atoms with E-state index in [-0.39, 0.29) is 24.0 Å². The van der Waals surface area contributed by atoms with Crippen molar-refractivity contribution in [1.29, 1.82) is 0 Å². The molecule has 1 aromatic carbocycles. The molecule has 174 valence electrons. The number of benzene rings is 1. The van der Waals surface area contributed by atoms with Crippen molar-refractivity contribution in [3.8, 4) is 5.75 Å². The van der Waals surface area contributed by atoms with E-state index < -0.39 is 5.79 Å². The van der Waals surface area contributed by atoms with E-state index in [0.29, 0.717) is 58.8 Å². The number of likely N-dealkylation sites (tertiary alicyclic amines) is 2. The quantitative estimate of drug-likeness (QED) is 0.703. The van der Waals surface area contributed by atoms with E-state index in [9.17, 15) is 9.59 Å². The van der Waals surface area contributed by atoms with E-state index >= 15 is 0 Å². The van der Waals surface area contributed by atoms with Gasteiger partial charge in [-0.1, -0.05) is 19.1 Å². The summed E-state index contributed by atoms with van der Waals surface area (Å²) in [6, 6.07) is 7.75. The first-order valence-electron chi connectivity index (χ1n) is 12.0. The molecule has 8 heteroatoms. The van der Waals surface area contributed by atoms with Crippen molar-refractivity contribution < 1.29 is 23.8 Å². The lowest BCUT2D eigenvalue weighted by atomic mass is 9.93. The molecule has 0 aromatic heterocycles. The fourth-order valence-corrected chi connectivity index (χ4v) is 5.29. The molecule has 1 aromatic rings. The SMILES string of the molecule is CCC1CN(C(=O)N2CCC(C(=O)N3CCC4(CC3)OCCO4)CC2)c2ccccc2O1. The topological polar surface area (TPSA) is 71.6 Å². The molecule has 1 atom stereocenters. The van der Waals surface area contributed by atoms with Crippen molar-refractivity contribution in [3.63, 3.8) is 0 Å². The molecule has 0 bridgehead atoms. The zero-order valence-electron chi connectivity index (χ0n) is 18.8. The molecule has 1 spiro atoms. The van der Waals surface area contributed by atoms with Crippen LogP contribution >= 0.6 is 0 Å². The molecule has 32 heavy (non-hydrogen) atoms. The number of amides is 3. The first kappa shape index (κ1) is 21.5. The van der Waals surface area contributed by atoms with Gasteiger partial charge in [0.2, 0.25) is 5.91 Å². The molecule has 0 N–H and O–H groups in total. The number of piperidine rings is 2. The number of carbonyl (C=O) groups is 2. The Morgan fingerprint density at radius 1 is 1.00 bits per heavy atom. The third-order valence-electron chi connectivity index (χ3n) is 7.29. The average molecular weight is 444 g/mol.